The highest BCUT2D eigenvalue weighted by Crippen LogP contribution is 2.27. The van der Waals surface area contributed by atoms with Gasteiger partial charge in [0.25, 0.3) is 5.56 Å². The molecule has 6 heteroatoms. The van der Waals surface area contributed by atoms with E-state index in [0.717, 1.165) is 25.8 Å². The average Bonchev–Trinajstić information content (AvgIpc) is 2.64. The number of thiophene rings is 1. The van der Waals surface area contributed by atoms with Crippen LogP contribution in [0.2, 0.25) is 0 Å². The highest BCUT2D eigenvalue weighted by Gasteiger charge is 2.15. The highest BCUT2D eigenvalue weighted by atomic mass is 32.2. The second-order valence-electron chi connectivity index (χ2n) is 4.01. The summed E-state index contributed by atoms with van der Waals surface area (Å²) >= 11 is 3.08. The zero-order chi connectivity index (χ0) is 13.3. The van der Waals surface area contributed by atoms with Crippen molar-refractivity contribution in [3.63, 3.8) is 0 Å². The molecular formula is C12H16N2O2S2. The number of nitrogens with zero attached hydrogens (tertiary/aromatic N) is 2. The summed E-state index contributed by atoms with van der Waals surface area (Å²) in [4.78, 5) is 19.1. The predicted octanol–water partition coefficient (Wildman–Crippen LogP) is 2.44. The van der Waals surface area contributed by atoms with Gasteiger partial charge in [-0.15, -0.1) is 11.3 Å². The Balaban J connectivity index is 2.71. The molecule has 0 aliphatic carbocycles. The summed E-state index contributed by atoms with van der Waals surface area (Å²) in [5, 5.41) is 1.51. The molecule has 0 aliphatic heterocycles. The van der Waals surface area contributed by atoms with Crippen molar-refractivity contribution in [3.8, 4) is 0 Å². The molecule has 0 radical (unpaired) electrons. The van der Waals surface area contributed by atoms with Gasteiger partial charge in [-0.3, -0.25) is 9.36 Å². The predicted molar refractivity (Wildman–Crippen MR) is 77.0 cm³/mol. The maximum Gasteiger partial charge on any atom is 0.263 e. The van der Waals surface area contributed by atoms with Gasteiger partial charge in [0.15, 0.2) is 5.16 Å². The van der Waals surface area contributed by atoms with Crippen LogP contribution in [0.4, 0.5) is 0 Å². The fourth-order valence-corrected chi connectivity index (χ4v) is 3.50. The van der Waals surface area contributed by atoms with Crippen molar-refractivity contribution in [1.29, 1.82) is 0 Å². The van der Waals surface area contributed by atoms with Gasteiger partial charge in [0, 0.05) is 12.0 Å². The van der Waals surface area contributed by atoms with Gasteiger partial charge >= 0.3 is 0 Å². The largest absolute Gasteiger partial charge is 0.383 e. The van der Waals surface area contributed by atoms with E-state index in [1.54, 1.807) is 23.0 Å². The minimum Gasteiger partial charge on any atom is -0.383 e. The molecule has 0 unspecified atom stereocenters. The van der Waals surface area contributed by atoms with Crippen molar-refractivity contribution in [2.45, 2.75) is 25.5 Å². The molecule has 2 aromatic rings. The lowest BCUT2D eigenvalue weighted by molar-refractivity contribution is 0.183. The van der Waals surface area contributed by atoms with Gasteiger partial charge in [-0.1, -0.05) is 11.8 Å². The third kappa shape index (κ3) is 2.20. The zero-order valence-corrected chi connectivity index (χ0v) is 12.6. The van der Waals surface area contributed by atoms with Crippen LogP contribution in [0.15, 0.2) is 9.95 Å². The Morgan fingerprint density at radius 1 is 1.44 bits per heavy atom. The molecule has 4 nitrogen and oxygen atoms in total. The van der Waals surface area contributed by atoms with Crippen molar-refractivity contribution in [2.24, 2.45) is 0 Å². The highest BCUT2D eigenvalue weighted by molar-refractivity contribution is 7.98. The fraction of sp³-hybridized carbons (Fsp3) is 0.500. The lowest BCUT2D eigenvalue weighted by Crippen LogP contribution is -2.25. The van der Waals surface area contributed by atoms with E-state index in [1.165, 1.54) is 11.8 Å². The molecule has 0 amide bonds. The second-order valence-corrected chi connectivity index (χ2v) is 5.99. The lowest BCUT2D eigenvalue weighted by Gasteiger charge is -2.09. The van der Waals surface area contributed by atoms with Crippen molar-refractivity contribution in [2.75, 3.05) is 20.0 Å². The SMILES string of the molecule is COCCn1c(SC)nc2sc(C)c(C)c2c1=O. The number of rotatable bonds is 4. The summed E-state index contributed by atoms with van der Waals surface area (Å²) in [7, 11) is 1.63. The van der Waals surface area contributed by atoms with Crippen LogP contribution in [0.1, 0.15) is 10.4 Å². The molecule has 0 atom stereocenters. The average molecular weight is 284 g/mol. The van der Waals surface area contributed by atoms with Gasteiger partial charge in [0.1, 0.15) is 4.83 Å². The van der Waals surface area contributed by atoms with Crippen LogP contribution < -0.4 is 5.56 Å². The van der Waals surface area contributed by atoms with Gasteiger partial charge in [0.05, 0.1) is 18.5 Å². The first kappa shape index (κ1) is 13.6. The number of hydrogen-bond donors (Lipinski definition) is 0. The number of thioether (sulfide) groups is 1. The zero-order valence-electron chi connectivity index (χ0n) is 10.9. The lowest BCUT2D eigenvalue weighted by atomic mass is 10.2. The van der Waals surface area contributed by atoms with E-state index in [2.05, 4.69) is 4.98 Å². The molecule has 0 bridgehead atoms. The Kier molecular flexibility index (Phi) is 4.09. The van der Waals surface area contributed by atoms with E-state index in [-0.39, 0.29) is 5.56 Å². The molecule has 0 N–H and O–H groups in total. The van der Waals surface area contributed by atoms with Crippen LogP contribution in [0, 0.1) is 13.8 Å². The summed E-state index contributed by atoms with van der Waals surface area (Å²) in [5.41, 5.74) is 1.09. The van der Waals surface area contributed by atoms with E-state index < -0.39 is 0 Å². The maximum absolute atomic E-state index is 12.5. The Morgan fingerprint density at radius 2 is 2.17 bits per heavy atom. The van der Waals surface area contributed by atoms with Crippen LogP contribution in [0.25, 0.3) is 10.2 Å². The van der Waals surface area contributed by atoms with Crippen LogP contribution in [-0.2, 0) is 11.3 Å². The summed E-state index contributed by atoms with van der Waals surface area (Å²) in [6, 6.07) is 0. The minimum atomic E-state index is 0.0447. The molecule has 18 heavy (non-hydrogen) atoms. The number of fused-ring (bicyclic) bond motifs is 1. The third-order valence-electron chi connectivity index (χ3n) is 2.96. The molecule has 98 valence electrons. The number of aromatic nitrogens is 2. The Labute approximate surface area is 114 Å². The Hall–Kier alpha value is -0.850. The van der Waals surface area contributed by atoms with E-state index in [4.69, 9.17) is 4.74 Å². The van der Waals surface area contributed by atoms with Gasteiger partial charge in [-0.25, -0.2) is 4.98 Å². The normalized spacial score (nSPS) is 11.3. The third-order valence-corrected chi connectivity index (χ3v) is 4.73. The standard InChI is InChI=1S/C12H16N2O2S2/c1-7-8(2)18-10-9(7)11(15)14(5-6-16-3)12(13-10)17-4/h5-6H2,1-4H3. The molecule has 0 aliphatic rings. The molecule has 0 aromatic carbocycles. The molecule has 0 fully saturated rings. The minimum absolute atomic E-state index is 0.0447. The molecule has 0 spiro atoms. The topological polar surface area (TPSA) is 44.1 Å². The first-order valence-electron chi connectivity index (χ1n) is 5.63. The van der Waals surface area contributed by atoms with Crippen LogP contribution in [-0.4, -0.2) is 29.5 Å². The molecular weight excluding hydrogens is 268 g/mol. The maximum atomic E-state index is 12.5. The van der Waals surface area contributed by atoms with Crippen LogP contribution in [0.3, 0.4) is 0 Å². The summed E-state index contributed by atoms with van der Waals surface area (Å²) in [6.45, 7) is 5.07. The molecule has 2 heterocycles. The van der Waals surface area contributed by atoms with E-state index in [1.807, 2.05) is 20.1 Å². The van der Waals surface area contributed by atoms with Gasteiger partial charge < -0.3 is 4.74 Å². The van der Waals surface area contributed by atoms with E-state index >= 15 is 0 Å². The van der Waals surface area contributed by atoms with Crippen molar-refractivity contribution in [1.82, 2.24) is 9.55 Å². The van der Waals surface area contributed by atoms with E-state index in [9.17, 15) is 4.79 Å². The molecule has 2 rings (SSSR count). The molecule has 2 aromatic heterocycles. The van der Waals surface area contributed by atoms with Gasteiger partial charge in [-0.05, 0) is 25.7 Å². The van der Waals surface area contributed by atoms with Crippen LogP contribution in [0.5, 0.6) is 0 Å². The second kappa shape index (κ2) is 5.42. The van der Waals surface area contributed by atoms with Crippen molar-refractivity contribution >= 4 is 33.3 Å². The number of aryl methyl sites for hydroxylation is 2. The van der Waals surface area contributed by atoms with Crippen LogP contribution >= 0.6 is 23.1 Å². The van der Waals surface area contributed by atoms with Gasteiger partial charge in [0.2, 0.25) is 0 Å². The molecule has 0 saturated heterocycles. The summed E-state index contributed by atoms with van der Waals surface area (Å²) in [6.07, 6.45) is 1.93. The Bertz CT molecular complexity index is 631. The van der Waals surface area contributed by atoms with Crippen molar-refractivity contribution < 1.29 is 4.74 Å². The number of hydrogen-bond acceptors (Lipinski definition) is 5. The first-order chi connectivity index (χ1) is 8.60. The first-order valence-corrected chi connectivity index (χ1v) is 7.67. The Morgan fingerprint density at radius 3 is 2.78 bits per heavy atom. The monoisotopic (exact) mass is 284 g/mol. The summed E-state index contributed by atoms with van der Waals surface area (Å²) in [5.74, 6) is 0. The smallest absolute Gasteiger partial charge is 0.263 e. The number of ether oxygens (including phenoxy) is 1. The van der Waals surface area contributed by atoms with Crippen molar-refractivity contribution in [3.05, 3.63) is 20.8 Å². The summed E-state index contributed by atoms with van der Waals surface area (Å²) < 4.78 is 6.76. The van der Waals surface area contributed by atoms with Gasteiger partial charge in [-0.2, -0.15) is 0 Å². The number of methoxy groups -OCH3 is 1. The van der Waals surface area contributed by atoms with E-state index in [0.29, 0.717) is 13.2 Å². The molecule has 0 saturated carbocycles. The fourth-order valence-electron chi connectivity index (χ4n) is 1.84. The quantitative estimate of drug-likeness (QED) is 0.639.